The molecule has 2 aromatic rings. The van der Waals surface area contributed by atoms with E-state index in [0.29, 0.717) is 18.0 Å². The van der Waals surface area contributed by atoms with E-state index in [2.05, 4.69) is 10.6 Å². The average molecular weight is 324 g/mol. The van der Waals surface area contributed by atoms with Gasteiger partial charge in [-0.05, 0) is 24.1 Å². The molecule has 1 aromatic carbocycles. The quantitative estimate of drug-likeness (QED) is 0.761. The number of aryl methyl sites for hydroxylation is 1. The fourth-order valence-corrected chi connectivity index (χ4v) is 2.46. The van der Waals surface area contributed by atoms with Gasteiger partial charge >= 0.3 is 12.0 Å². The molecule has 0 radical (unpaired) electrons. The van der Waals surface area contributed by atoms with Gasteiger partial charge < -0.3 is 20.3 Å². The second kappa shape index (κ2) is 7.17. The first-order valence-corrected chi connectivity index (χ1v) is 7.32. The predicted molar refractivity (Wildman–Crippen MR) is 85.3 cm³/mol. The number of carbonyl (C=O) groups is 2. The summed E-state index contributed by atoms with van der Waals surface area (Å²) in [7, 11) is 1.95. The molecule has 6 nitrogen and oxygen atoms in total. The highest BCUT2D eigenvalue weighted by Gasteiger charge is 2.08. The van der Waals surface area contributed by atoms with Crippen molar-refractivity contribution in [1.29, 1.82) is 0 Å². The minimum absolute atomic E-state index is 0.0858. The molecular formula is C15H18ClN3O3. The summed E-state index contributed by atoms with van der Waals surface area (Å²) in [5.41, 5.74) is 2.17. The van der Waals surface area contributed by atoms with Crippen LogP contribution in [0.15, 0.2) is 24.4 Å². The monoisotopic (exact) mass is 323 g/mol. The summed E-state index contributed by atoms with van der Waals surface area (Å²) < 4.78 is 2.00. The first-order chi connectivity index (χ1) is 10.5. The number of hydrogen-bond donors (Lipinski definition) is 3. The minimum atomic E-state index is -0.935. The highest BCUT2D eigenvalue weighted by Crippen LogP contribution is 2.24. The fourth-order valence-electron chi connectivity index (χ4n) is 2.30. The summed E-state index contributed by atoms with van der Waals surface area (Å²) in [6.07, 6.45) is 2.62. The standard InChI is InChI=1S/C15H18ClN3O3/c1-19-9-10(12-3-2-11(16)8-13(12)19)4-6-17-15(22)18-7-5-14(20)21/h2-3,8-9H,4-7H2,1H3,(H,20,21)(H2,17,18,22). The van der Waals surface area contributed by atoms with Crippen molar-refractivity contribution < 1.29 is 14.7 Å². The van der Waals surface area contributed by atoms with E-state index in [1.807, 2.05) is 36.0 Å². The van der Waals surface area contributed by atoms with Crippen LogP contribution in [0.3, 0.4) is 0 Å². The largest absolute Gasteiger partial charge is 0.481 e. The number of carboxylic acid groups (broad SMARTS) is 1. The van der Waals surface area contributed by atoms with Crippen molar-refractivity contribution in [3.63, 3.8) is 0 Å². The zero-order valence-corrected chi connectivity index (χ0v) is 13.0. The molecule has 3 N–H and O–H groups in total. The van der Waals surface area contributed by atoms with Gasteiger partial charge in [0.2, 0.25) is 0 Å². The number of aromatic nitrogens is 1. The van der Waals surface area contributed by atoms with Crippen LogP contribution in [0.4, 0.5) is 4.79 Å². The Balaban J connectivity index is 1.87. The summed E-state index contributed by atoms with van der Waals surface area (Å²) in [4.78, 5) is 21.8. The van der Waals surface area contributed by atoms with Crippen LogP contribution in [0.25, 0.3) is 10.9 Å². The van der Waals surface area contributed by atoms with E-state index in [0.717, 1.165) is 16.5 Å². The van der Waals surface area contributed by atoms with Gasteiger partial charge in [-0.1, -0.05) is 17.7 Å². The van der Waals surface area contributed by atoms with Crippen molar-refractivity contribution in [2.45, 2.75) is 12.8 Å². The third kappa shape index (κ3) is 4.14. The van der Waals surface area contributed by atoms with Crippen molar-refractivity contribution in [2.75, 3.05) is 13.1 Å². The maximum absolute atomic E-state index is 11.5. The van der Waals surface area contributed by atoms with Crippen LogP contribution in [0.5, 0.6) is 0 Å². The van der Waals surface area contributed by atoms with Gasteiger partial charge in [-0.2, -0.15) is 0 Å². The molecule has 0 aliphatic carbocycles. The van der Waals surface area contributed by atoms with Crippen molar-refractivity contribution >= 4 is 34.5 Å². The van der Waals surface area contributed by atoms with E-state index in [-0.39, 0.29) is 19.0 Å². The Morgan fingerprint density at radius 1 is 1.27 bits per heavy atom. The summed E-state index contributed by atoms with van der Waals surface area (Å²) in [5, 5.41) is 15.5. The molecule has 1 heterocycles. The topological polar surface area (TPSA) is 83.4 Å². The molecule has 0 unspecified atom stereocenters. The van der Waals surface area contributed by atoms with E-state index in [1.165, 1.54) is 0 Å². The molecule has 0 fully saturated rings. The zero-order chi connectivity index (χ0) is 16.1. The van der Waals surface area contributed by atoms with Crippen molar-refractivity contribution in [2.24, 2.45) is 7.05 Å². The highest BCUT2D eigenvalue weighted by atomic mass is 35.5. The Labute approximate surface area is 133 Å². The van der Waals surface area contributed by atoms with E-state index in [4.69, 9.17) is 16.7 Å². The molecule has 2 rings (SSSR count). The Morgan fingerprint density at radius 2 is 2.00 bits per heavy atom. The second-order valence-electron chi connectivity index (χ2n) is 5.00. The third-order valence-corrected chi connectivity index (χ3v) is 3.57. The van der Waals surface area contributed by atoms with Gasteiger partial charge in [-0.15, -0.1) is 0 Å². The van der Waals surface area contributed by atoms with Gasteiger partial charge in [0, 0.05) is 42.3 Å². The Morgan fingerprint density at radius 3 is 2.73 bits per heavy atom. The number of benzene rings is 1. The molecule has 1 aromatic heterocycles. The van der Waals surface area contributed by atoms with E-state index >= 15 is 0 Å². The molecule has 118 valence electrons. The number of carbonyl (C=O) groups excluding carboxylic acids is 1. The van der Waals surface area contributed by atoms with Crippen LogP contribution in [0, 0.1) is 0 Å². The maximum Gasteiger partial charge on any atom is 0.314 e. The summed E-state index contributed by atoms with van der Waals surface area (Å²) in [6, 6.07) is 5.37. The number of nitrogens with zero attached hydrogens (tertiary/aromatic N) is 1. The number of nitrogens with one attached hydrogen (secondary N) is 2. The fraction of sp³-hybridized carbons (Fsp3) is 0.333. The molecule has 0 aliphatic rings. The van der Waals surface area contributed by atoms with Gasteiger partial charge in [0.05, 0.1) is 6.42 Å². The molecule has 0 saturated carbocycles. The molecule has 0 aliphatic heterocycles. The van der Waals surface area contributed by atoms with Crippen LogP contribution in [0.1, 0.15) is 12.0 Å². The molecule has 0 bridgehead atoms. The number of amides is 2. The normalized spacial score (nSPS) is 10.6. The molecule has 2 amide bonds. The van der Waals surface area contributed by atoms with Gasteiger partial charge in [-0.25, -0.2) is 4.79 Å². The van der Waals surface area contributed by atoms with Crippen molar-refractivity contribution in [3.05, 3.63) is 35.0 Å². The van der Waals surface area contributed by atoms with Crippen LogP contribution < -0.4 is 10.6 Å². The lowest BCUT2D eigenvalue weighted by atomic mass is 10.1. The molecule has 0 spiro atoms. The predicted octanol–water partition coefficient (Wildman–Crippen LogP) is 2.15. The molecule has 0 saturated heterocycles. The van der Waals surface area contributed by atoms with Crippen LogP contribution in [-0.2, 0) is 18.3 Å². The van der Waals surface area contributed by atoms with Crippen LogP contribution >= 0.6 is 11.6 Å². The number of urea groups is 1. The lowest BCUT2D eigenvalue weighted by Gasteiger charge is -2.06. The molecule has 0 atom stereocenters. The Bertz CT molecular complexity index is 697. The highest BCUT2D eigenvalue weighted by molar-refractivity contribution is 6.31. The number of carboxylic acids is 1. The van der Waals surface area contributed by atoms with Gasteiger partial charge in [0.15, 0.2) is 0 Å². The van der Waals surface area contributed by atoms with Crippen LogP contribution in [-0.4, -0.2) is 34.8 Å². The van der Waals surface area contributed by atoms with Gasteiger partial charge in [-0.3, -0.25) is 4.79 Å². The Hall–Kier alpha value is -2.21. The molecule has 7 heteroatoms. The van der Waals surface area contributed by atoms with Crippen molar-refractivity contribution in [1.82, 2.24) is 15.2 Å². The first-order valence-electron chi connectivity index (χ1n) is 6.94. The average Bonchev–Trinajstić information content (AvgIpc) is 2.75. The summed E-state index contributed by atoms with van der Waals surface area (Å²) in [5.74, 6) is -0.935. The number of rotatable bonds is 6. The SMILES string of the molecule is Cn1cc(CCNC(=O)NCCC(=O)O)c2ccc(Cl)cc21. The van der Waals surface area contributed by atoms with Gasteiger partial charge in [0.1, 0.15) is 0 Å². The smallest absolute Gasteiger partial charge is 0.314 e. The minimum Gasteiger partial charge on any atom is -0.481 e. The molecular weight excluding hydrogens is 306 g/mol. The van der Waals surface area contributed by atoms with Crippen molar-refractivity contribution in [3.8, 4) is 0 Å². The van der Waals surface area contributed by atoms with E-state index in [1.54, 1.807) is 0 Å². The Kier molecular flexibility index (Phi) is 5.27. The summed E-state index contributed by atoms with van der Waals surface area (Å²) >= 11 is 6.00. The zero-order valence-electron chi connectivity index (χ0n) is 12.2. The maximum atomic E-state index is 11.5. The lowest BCUT2D eigenvalue weighted by molar-refractivity contribution is -0.136. The number of aliphatic carboxylic acids is 1. The first kappa shape index (κ1) is 16.2. The van der Waals surface area contributed by atoms with Gasteiger partial charge in [0.25, 0.3) is 0 Å². The number of fused-ring (bicyclic) bond motifs is 1. The van der Waals surface area contributed by atoms with E-state index < -0.39 is 5.97 Å². The lowest BCUT2D eigenvalue weighted by Crippen LogP contribution is -2.37. The second-order valence-corrected chi connectivity index (χ2v) is 5.44. The third-order valence-electron chi connectivity index (χ3n) is 3.34. The number of hydrogen-bond acceptors (Lipinski definition) is 2. The van der Waals surface area contributed by atoms with E-state index in [9.17, 15) is 9.59 Å². The number of halogens is 1. The van der Waals surface area contributed by atoms with Crippen LogP contribution in [0.2, 0.25) is 5.02 Å². The summed E-state index contributed by atoms with van der Waals surface area (Å²) in [6.45, 7) is 0.592. The molecule has 22 heavy (non-hydrogen) atoms.